The fourth-order valence-corrected chi connectivity index (χ4v) is 2.72. The van der Waals surface area contributed by atoms with Crippen LogP contribution in [-0.4, -0.2) is 40.1 Å². The average Bonchev–Trinajstić information content (AvgIpc) is 3.07. The molecule has 2 aromatic heterocycles. The first kappa shape index (κ1) is 13.1. The van der Waals surface area contributed by atoms with E-state index in [1.54, 1.807) is 6.20 Å². The molecule has 4 rings (SSSR count). The summed E-state index contributed by atoms with van der Waals surface area (Å²) in [6, 6.07) is 6.17. The Labute approximate surface area is 128 Å². The van der Waals surface area contributed by atoms with E-state index in [1.165, 1.54) is 5.56 Å². The summed E-state index contributed by atoms with van der Waals surface area (Å²) < 4.78 is 5.74. The maximum absolute atomic E-state index is 5.74. The number of ether oxygens (including phenoxy) is 1. The molecular weight excluding hydrogens is 278 g/mol. The maximum atomic E-state index is 5.74. The van der Waals surface area contributed by atoms with Crippen LogP contribution in [0.15, 0.2) is 24.4 Å². The normalized spacial score (nSPS) is 16.6. The molecule has 112 valence electrons. The van der Waals surface area contributed by atoms with Crippen LogP contribution in [0.5, 0.6) is 5.75 Å². The van der Waals surface area contributed by atoms with Gasteiger partial charge in [0.15, 0.2) is 5.65 Å². The van der Waals surface area contributed by atoms with Crippen LogP contribution in [0.4, 0.5) is 5.95 Å². The van der Waals surface area contributed by atoms with Crippen LogP contribution in [-0.2, 0) is 6.42 Å². The number of hydrogen-bond acceptors (Lipinski definition) is 5. The number of nitrogens with zero attached hydrogens (tertiary/aromatic N) is 4. The van der Waals surface area contributed by atoms with Gasteiger partial charge in [0.05, 0.1) is 6.20 Å². The van der Waals surface area contributed by atoms with Gasteiger partial charge in [0, 0.05) is 26.1 Å². The standard InChI is InChI=1S/C16H17N5O/c1-9-6-11-7-10(4-5-13(11)22-9)14-18-12-8-17-16(21(2)3)20-15(12)19-14/h4-5,7-9H,6H2,1-3H3,(H,17,18,19,20). The largest absolute Gasteiger partial charge is 0.490 e. The molecule has 0 saturated carbocycles. The Morgan fingerprint density at radius 1 is 1.27 bits per heavy atom. The molecule has 1 unspecified atom stereocenters. The monoisotopic (exact) mass is 295 g/mol. The Balaban J connectivity index is 1.77. The predicted molar refractivity (Wildman–Crippen MR) is 85.2 cm³/mol. The lowest BCUT2D eigenvalue weighted by Crippen LogP contribution is -2.12. The number of rotatable bonds is 2. The van der Waals surface area contributed by atoms with E-state index in [2.05, 4.69) is 32.9 Å². The summed E-state index contributed by atoms with van der Waals surface area (Å²) in [6.07, 6.45) is 2.95. The number of aromatic nitrogens is 4. The van der Waals surface area contributed by atoms with Crippen molar-refractivity contribution in [1.82, 2.24) is 19.9 Å². The first-order chi connectivity index (χ1) is 10.6. The molecule has 1 atom stereocenters. The number of nitrogens with one attached hydrogen (secondary N) is 1. The summed E-state index contributed by atoms with van der Waals surface area (Å²) in [6.45, 7) is 2.08. The summed E-state index contributed by atoms with van der Waals surface area (Å²) in [7, 11) is 3.83. The minimum Gasteiger partial charge on any atom is -0.490 e. The van der Waals surface area contributed by atoms with E-state index in [0.717, 1.165) is 29.1 Å². The molecule has 22 heavy (non-hydrogen) atoms. The number of anilines is 1. The van der Waals surface area contributed by atoms with E-state index in [0.29, 0.717) is 11.6 Å². The molecule has 1 N–H and O–H groups in total. The second-order valence-electron chi connectivity index (χ2n) is 5.84. The van der Waals surface area contributed by atoms with Crippen molar-refractivity contribution in [1.29, 1.82) is 0 Å². The van der Waals surface area contributed by atoms with Crippen molar-refractivity contribution in [3.8, 4) is 17.1 Å². The summed E-state index contributed by atoms with van der Waals surface area (Å²) in [5.74, 6) is 2.44. The second kappa shape index (κ2) is 4.69. The zero-order valence-electron chi connectivity index (χ0n) is 12.8. The Bertz CT molecular complexity index is 855. The molecule has 0 fully saturated rings. The van der Waals surface area contributed by atoms with Gasteiger partial charge in [-0.3, -0.25) is 0 Å². The van der Waals surface area contributed by atoms with Crippen LogP contribution in [0.2, 0.25) is 0 Å². The van der Waals surface area contributed by atoms with Crippen LogP contribution in [0, 0.1) is 0 Å². The van der Waals surface area contributed by atoms with Gasteiger partial charge < -0.3 is 14.6 Å². The molecule has 1 aliphatic rings. The van der Waals surface area contributed by atoms with Crippen LogP contribution in [0.1, 0.15) is 12.5 Å². The number of aromatic amines is 1. The van der Waals surface area contributed by atoms with Gasteiger partial charge in [0.1, 0.15) is 23.2 Å². The van der Waals surface area contributed by atoms with Gasteiger partial charge in [0.2, 0.25) is 5.95 Å². The van der Waals surface area contributed by atoms with Crippen molar-refractivity contribution in [3.05, 3.63) is 30.0 Å². The molecule has 0 spiro atoms. The molecule has 3 aromatic rings. The predicted octanol–water partition coefficient (Wildman–Crippen LogP) is 2.41. The summed E-state index contributed by atoms with van der Waals surface area (Å²) in [5.41, 5.74) is 3.79. The zero-order chi connectivity index (χ0) is 15.3. The highest BCUT2D eigenvalue weighted by atomic mass is 16.5. The third kappa shape index (κ3) is 2.07. The first-order valence-corrected chi connectivity index (χ1v) is 7.30. The van der Waals surface area contributed by atoms with Gasteiger partial charge in [-0.2, -0.15) is 4.98 Å². The number of H-pyrrole nitrogens is 1. The van der Waals surface area contributed by atoms with Crippen LogP contribution >= 0.6 is 0 Å². The van der Waals surface area contributed by atoms with Gasteiger partial charge in [-0.1, -0.05) is 0 Å². The fraction of sp³-hybridized carbons (Fsp3) is 0.312. The molecule has 1 aliphatic heterocycles. The molecule has 6 nitrogen and oxygen atoms in total. The highest BCUT2D eigenvalue weighted by Gasteiger charge is 2.20. The van der Waals surface area contributed by atoms with E-state index in [1.807, 2.05) is 31.1 Å². The maximum Gasteiger partial charge on any atom is 0.226 e. The number of benzene rings is 1. The molecule has 0 aliphatic carbocycles. The molecule has 1 aromatic carbocycles. The zero-order valence-corrected chi connectivity index (χ0v) is 12.8. The van der Waals surface area contributed by atoms with Crippen molar-refractivity contribution in [2.45, 2.75) is 19.4 Å². The van der Waals surface area contributed by atoms with E-state index in [9.17, 15) is 0 Å². The van der Waals surface area contributed by atoms with E-state index >= 15 is 0 Å². The van der Waals surface area contributed by atoms with Gasteiger partial charge in [-0.25, -0.2) is 9.97 Å². The Hall–Kier alpha value is -2.63. The first-order valence-electron chi connectivity index (χ1n) is 7.30. The summed E-state index contributed by atoms with van der Waals surface area (Å²) in [5, 5.41) is 0. The highest BCUT2D eigenvalue weighted by Crippen LogP contribution is 2.32. The summed E-state index contributed by atoms with van der Waals surface area (Å²) in [4.78, 5) is 18.5. The van der Waals surface area contributed by atoms with Gasteiger partial charge in [-0.15, -0.1) is 0 Å². The lowest BCUT2D eigenvalue weighted by Gasteiger charge is -2.07. The molecular formula is C16H17N5O. The minimum atomic E-state index is 0.245. The lowest BCUT2D eigenvalue weighted by molar-refractivity contribution is 0.254. The number of imidazole rings is 1. The highest BCUT2D eigenvalue weighted by molar-refractivity contribution is 5.76. The SMILES string of the molecule is CC1Cc2cc(-c3nc4nc(N(C)C)ncc4[nH]3)ccc2O1. The van der Waals surface area contributed by atoms with Gasteiger partial charge in [0.25, 0.3) is 0 Å². The number of fused-ring (bicyclic) bond motifs is 2. The molecule has 0 radical (unpaired) electrons. The van der Waals surface area contributed by atoms with Crippen molar-refractivity contribution in [3.63, 3.8) is 0 Å². The topological polar surface area (TPSA) is 66.9 Å². The Morgan fingerprint density at radius 3 is 2.95 bits per heavy atom. The van der Waals surface area contributed by atoms with E-state index in [-0.39, 0.29) is 6.10 Å². The van der Waals surface area contributed by atoms with Crippen molar-refractivity contribution < 1.29 is 4.74 Å². The van der Waals surface area contributed by atoms with Crippen molar-refractivity contribution >= 4 is 17.1 Å². The van der Waals surface area contributed by atoms with E-state index < -0.39 is 0 Å². The Kier molecular flexibility index (Phi) is 2.79. The quantitative estimate of drug-likeness (QED) is 0.786. The second-order valence-corrected chi connectivity index (χ2v) is 5.84. The molecule has 0 bridgehead atoms. The van der Waals surface area contributed by atoms with Crippen LogP contribution in [0.25, 0.3) is 22.6 Å². The lowest BCUT2D eigenvalue weighted by atomic mass is 10.1. The van der Waals surface area contributed by atoms with Gasteiger partial charge in [-0.05, 0) is 30.7 Å². The molecule has 6 heteroatoms. The molecule has 3 heterocycles. The van der Waals surface area contributed by atoms with Crippen molar-refractivity contribution in [2.24, 2.45) is 0 Å². The minimum absolute atomic E-state index is 0.245. The summed E-state index contributed by atoms with van der Waals surface area (Å²) >= 11 is 0. The molecule has 0 amide bonds. The smallest absolute Gasteiger partial charge is 0.226 e. The average molecular weight is 295 g/mol. The van der Waals surface area contributed by atoms with Gasteiger partial charge >= 0.3 is 0 Å². The number of hydrogen-bond donors (Lipinski definition) is 1. The Morgan fingerprint density at radius 2 is 2.14 bits per heavy atom. The third-order valence-electron chi connectivity index (χ3n) is 3.80. The fourth-order valence-electron chi connectivity index (χ4n) is 2.72. The third-order valence-corrected chi connectivity index (χ3v) is 3.80. The van der Waals surface area contributed by atoms with E-state index in [4.69, 9.17) is 4.74 Å². The van der Waals surface area contributed by atoms with Crippen molar-refractivity contribution in [2.75, 3.05) is 19.0 Å². The van der Waals surface area contributed by atoms with Crippen LogP contribution in [0.3, 0.4) is 0 Å². The molecule has 0 saturated heterocycles. The van der Waals surface area contributed by atoms with Crippen LogP contribution < -0.4 is 9.64 Å².